The highest BCUT2D eigenvalue weighted by molar-refractivity contribution is 5.90. The molecule has 2 heterocycles. The molecular weight excluding hydrogens is 472 g/mol. The number of aryl methyl sites for hydroxylation is 1. The summed E-state index contributed by atoms with van der Waals surface area (Å²) in [6.07, 6.45) is 2.01. The maximum Gasteiger partial charge on any atom is 0.321 e. The summed E-state index contributed by atoms with van der Waals surface area (Å²) in [5.41, 5.74) is 5.84. The van der Waals surface area contributed by atoms with E-state index in [0.717, 1.165) is 56.6 Å². The lowest BCUT2D eigenvalue weighted by Gasteiger charge is -2.39. The molecule has 0 atom stereocenters. The van der Waals surface area contributed by atoms with E-state index in [1.54, 1.807) is 0 Å². The Hall–Kier alpha value is -3.68. The van der Waals surface area contributed by atoms with Crippen LogP contribution in [0.15, 0.2) is 78.9 Å². The predicted molar refractivity (Wildman–Crippen MR) is 154 cm³/mol. The lowest BCUT2D eigenvalue weighted by Crippen LogP contribution is -2.47. The normalized spacial score (nSPS) is 14.7. The van der Waals surface area contributed by atoms with Crippen LogP contribution in [0.1, 0.15) is 42.5 Å². The molecule has 4 aromatic rings. The van der Waals surface area contributed by atoms with Gasteiger partial charge in [0.15, 0.2) is 0 Å². The van der Waals surface area contributed by atoms with Crippen LogP contribution in [-0.4, -0.2) is 58.1 Å². The number of hydrogen-bond acceptors (Lipinski definition) is 4. The summed E-state index contributed by atoms with van der Waals surface area (Å²) in [5, 5.41) is 5.77. The van der Waals surface area contributed by atoms with E-state index in [4.69, 9.17) is 4.98 Å². The lowest BCUT2D eigenvalue weighted by molar-refractivity contribution is 0.105. The molecule has 5 rings (SSSR count). The fraction of sp³-hybridized carbons (Fsp3) is 0.355. The van der Waals surface area contributed by atoms with Crippen molar-refractivity contribution in [3.63, 3.8) is 0 Å². The number of carbonyl (C=O) groups excluding carboxylic acids is 1. The molecule has 3 aromatic carbocycles. The second-order valence-electron chi connectivity index (χ2n) is 10.1. The van der Waals surface area contributed by atoms with Crippen LogP contribution in [-0.2, 0) is 13.6 Å². The number of unbranched alkanes of at least 4 members (excludes halogenated alkanes) is 1. The number of rotatable bonds is 9. The Balaban J connectivity index is 1.23. The minimum Gasteiger partial charge on any atom is -0.338 e. The zero-order chi connectivity index (χ0) is 26.3. The summed E-state index contributed by atoms with van der Waals surface area (Å²) in [7, 11) is 1.94. The van der Waals surface area contributed by atoms with Gasteiger partial charge in [0, 0.05) is 46.3 Å². The van der Waals surface area contributed by atoms with Gasteiger partial charge in [-0.25, -0.2) is 9.78 Å². The number of nitrogens with one attached hydrogen (secondary N) is 2. The molecule has 0 radical (unpaired) electrons. The van der Waals surface area contributed by atoms with Crippen LogP contribution in [0.3, 0.4) is 0 Å². The Kier molecular flexibility index (Phi) is 8.36. The van der Waals surface area contributed by atoms with Crippen molar-refractivity contribution in [3.8, 4) is 0 Å². The quantitative estimate of drug-likeness (QED) is 0.296. The van der Waals surface area contributed by atoms with Crippen LogP contribution in [0.4, 0.5) is 10.7 Å². The number of benzene rings is 3. The summed E-state index contributed by atoms with van der Waals surface area (Å²) in [6.45, 7) is 7.73. The van der Waals surface area contributed by atoms with Crippen LogP contribution in [0.25, 0.3) is 11.0 Å². The smallest absolute Gasteiger partial charge is 0.321 e. The van der Waals surface area contributed by atoms with Gasteiger partial charge in [0.2, 0.25) is 5.95 Å². The molecule has 0 spiro atoms. The van der Waals surface area contributed by atoms with Gasteiger partial charge in [0.1, 0.15) is 0 Å². The monoisotopic (exact) mass is 510 g/mol. The van der Waals surface area contributed by atoms with Crippen LogP contribution >= 0.6 is 0 Å². The fourth-order valence-corrected chi connectivity index (χ4v) is 5.30. The van der Waals surface area contributed by atoms with E-state index in [1.807, 2.05) is 11.6 Å². The molecule has 1 saturated heterocycles. The zero-order valence-electron chi connectivity index (χ0n) is 22.4. The zero-order valence-corrected chi connectivity index (χ0v) is 22.4. The molecule has 2 amide bonds. The average molecular weight is 511 g/mol. The maximum absolute atomic E-state index is 12.2. The molecule has 1 aliphatic heterocycles. The second kappa shape index (κ2) is 12.2. The first-order valence-corrected chi connectivity index (χ1v) is 13.7. The molecule has 1 fully saturated rings. The van der Waals surface area contributed by atoms with Gasteiger partial charge < -0.3 is 9.88 Å². The van der Waals surface area contributed by atoms with Gasteiger partial charge in [-0.15, -0.1) is 0 Å². The first-order chi connectivity index (χ1) is 18.6. The highest BCUT2D eigenvalue weighted by Crippen LogP contribution is 2.30. The Bertz CT molecular complexity index is 1290. The molecule has 1 aliphatic rings. The molecule has 0 aliphatic carbocycles. The Morgan fingerprint density at radius 2 is 1.58 bits per heavy atom. The van der Waals surface area contributed by atoms with Crippen LogP contribution < -0.4 is 10.6 Å². The van der Waals surface area contributed by atoms with Gasteiger partial charge in [-0.3, -0.25) is 15.1 Å². The third kappa shape index (κ3) is 6.06. The second-order valence-corrected chi connectivity index (χ2v) is 10.1. The van der Waals surface area contributed by atoms with Crippen molar-refractivity contribution in [3.05, 3.63) is 95.6 Å². The summed E-state index contributed by atoms with van der Waals surface area (Å²) in [4.78, 5) is 22.0. The third-order valence-electron chi connectivity index (χ3n) is 7.40. The first-order valence-electron chi connectivity index (χ1n) is 13.7. The Labute approximate surface area is 225 Å². The molecule has 0 saturated carbocycles. The largest absolute Gasteiger partial charge is 0.338 e. The van der Waals surface area contributed by atoms with Crippen molar-refractivity contribution in [1.82, 2.24) is 24.7 Å². The molecule has 198 valence electrons. The summed E-state index contributed by atoms with van der Waals surface area (Å²) < 4.78 is 1.94. The number of nitrogens with zero attached hydrogens (tertiary/aromatic N) is 4. The topological polar surface area (TPSA) is 65.4 Å². The Morgan fingerprint density at radius 1 is 0.921 bits per heavy atom. The van der Waals surface area contributed by atoms with Crippen molar-refractivity contribution in [1.29, 1.82) is 0 Å². The highest BCUT2D eigenvalue weighted by Gasteiger charge is 2.26. The molecule has 0 bridgehead atoms. The number of anilines is 1. The fourth-order valence-electron chi connectivity index (χ4n) is 5.30. The summed E-state index contributed by atoms with van der Waals surface area (Å²) >= 11 is 0. The standard InChI is InChI=1S/C31H38N6O/c1-3-4-17-32-31(38)34-30-33-27-22-24(15-16-28(27)35(30)2)23-36-18-20-37(21-19-36)29(25-11-7-5-8-12-25)26-13-9-6-10-14-26/h5-16,22,29H,3-4,17-21,23H2,1-2H3,(H2,32,33,34,38). The van der Waals surface area contributed by atoms with Crippen molar-refractivity contribution >= 4 is 23.0 Å². The van der Waals surface area contributed by atoms with E-state index in [2.05, 4.69) is 106 Å². The number of urea groups is 1. The van der Waals surface area contributed by atoms with Gasteiger partial charge in [-0.2, -0.15) is 0 Å². The Morgan fingerprint density at radius 3 is 2.21 bits per heavy atom. The number of carbonyl (C=O) groups is 1. The average Bonchev–Trinajstić information content (AvgIpc) is 3.25. The van der Waals surface area contributed by atoms with E-state index >= 15 is 0 Å². The van der Waals surface area contributed by atoms with E-state index in [1.165, 1.54) is 16.7 Å². The highest BCUT2D eigenvalue weighted by atomic mass is 16.2. The van der Waals surface area contributed by atoms with Gasteiger partial charge in [-0.1, -0.05) is 80.1 Å². The number of aromatic nitrogens is 2. The van der Waals surface area contributed by atoms with E-state index in [9.17, 15) is 4.79 Å². The molecule has 2 N–H and O–H groups in total. The van der Waals surface area contributed by atoms with Crippen LogP contribution in [0.5, 0.6) is 0 Å². The molecule has 38 heavy (non-hydrogen) atoms. The number of piperazine rings is 1. The van der Waals surface area contributed by atoms with Gasteiger partial charge in [-0.05, 0) is 35.2 Å². The van der Waals surface area contributed by atoms with Crippen LogP contribution in [0, 0.1) is 0 Å². The van der Waals surface area contributed by atoms with Gasteiger partial charge in [0.05, 0.1) is 17.1 Å². The number of fused-ring (bicyclic) bond motifs is 1. The van der Waals surface area contributed by atoms with Crippen molar-refractivity contribution in [2.45, 2.75) is 32.4 Å². The predicted octanol–water partition coefficient (Wildman–Crippen LogP) is 5.40. The summed E-state index contributed by atoms with van der Waals surface area (Å²) in [6, 6.07) is 28.2. The van der Waals surface area contributed by atoms with E-state index < -0.39 is 0 Å². The number of hydrogen-bond donors (Lipinski definition) is 2. The molecule has 0 unspecified atom stereocenters. The van der Waals surface area contributed by atoms with Crippen molar-refractivity contribution in [2.24, 2.45) is 7.05 Å². The van der Waals surface area contributed by atoms with E-state index in [0.29, 0.717) is 12.5 Å². The molecular formula is C31H38N6O. The molecule has 1 aromatic heterocycles. The molecule has 7 heteroatoms. The minimum absolute atomic E-state index is 0.209. The van der Waals surface area contributed by atoms with E-state index in [-0.39, 0.29) is 12.1 Å². The van der Waals surface area contributed by atoms with Crippen molar-refractivity contribution in [2.75, 3.05) is 38.0 Å². The lowest BCUT2D eigenvalue weighted by atomic mass is 9.96. The third-order valence-corrected chi connectivity index (χ3v) is 7.40. The first kappa shape index (κ1) is 25.9. The van der Waals surface area contributed by atoms with Crippen molar-refractivity contribution < 1.29 is 4.79 Å². The maximum atomic E-state index is 12.2. The summed E-state index contributed by atoms with van der Waals surface area (Å²) in [5.74, 6) is 0.563. The minimum atomic E-state index is -0.209. The number of amides is 2. The SMILES string of the molecule is CCCCNC(=O)Nc1nc2cc(CN3CCN(C(c4ccccc4)c4ccccc4)CC3)ccc2n1C. The number of imidazole rings is 1. The molecule has 7 nitrogen and oxygen atoms in total. The van der Waals surface area contributed by atoms with Gasteiger partial charge in [0.25, 0.3) is 0 Å². The van der Waals surface area contributed by atoms with Crippen LogP contribution in [0.2, 0.25) is 0 Å². The van der Waals surface area contributed by atoms with Gasteiger partial charge >= 0.3 is 6.03 Å².